The average Bonchev–Trinajstić information content (AvgIpc) is 2.84. The van der Waals surface area contributed by atoms with Gasteiger partial charge in [0.1, 0.15) is 11.9 Å². The molecule has 35 heavy (non-hydrogen) atoms. The number of ether oxygens (including phenoxy) is 1. The zero-order valence-electron chi connectivity index (χ0n) is 20.5. The number of nitrogens with zero attached hydrogens (tertiary/aromatic N) is 3. The molecule has 2 aliphatic rings. The van der Waals surface area contributed by atoms with Crippen LogP contribution < -0.4 is 10.6 Å². The van der Waals surface area contributed by atoms with Gasteiger partial charge in [-0.2, -0.15) is 0 Å². The van der Waals surface area contributed by atoms with Crippen molar-refractivity contribution in [2.75, 3.05) is 38.1 Å². The average molecular weight is 482 g/mol. The molecule has 1 fully saturated rings. The van der Waals surface area contributed by atoms with Crippen LogP contribution in [0.2, 0.25) is 0 Å². The summed E-state index contributed by atoms with van der Waals surface area (Å²) in [5.74, 6) is -0.345. The summed E-state index contributed by atoms with van der Waals surface area (Å²) in [5.41, 5.74) is 2.18. The Kier molecular flexibility index (Phi) is 7.97. The minimum atomic E-state index is -1.03. The molecule has 0 spiro atoms. The van der Waals surface area contributed by atoms with E-state index in [1.807, 2.05) is 6.07 Å². The highest BCUT2D eigenvalue weighted by molar-refractivity contribution is 5.90. The third-order valence-electron chi connectivity index (χ3n) is 6.88. The first kappa shape index (κ1) is 25.1. The second-order valence-electron chi connectivity index (χ2n) is 9.86. The van der Waals surface area contributed by atoms with Crippen molar-refractivity contribution >= 4 is 17.7 Å². The van der Waals surface area contributed by atoms with E-state index in [4.69, 9.17) is 9.72 Å². The Labute approximate surface area is 206 Å². The number of aromatic nitrogens is 2. The van der Waals surface area contributed by atoms with Gasteiger partial charge >= 0.3 is 5.97 Å². The van der Waals surface area contributed by atoms with Crippen molar-refractivity contribution < 1.29 is 19.4 Å². The van der Waals surface area contributed by atoms with Gasteiger partial charge in [-0.15, -0.1) is 0 Å². The maximum Gasteiger partial charge on any atom is 0.326 e. The summed E-state index contributed by atoms with van der Waals surface area (Å²) in [7, 11) is 0. The quantitative estimate of drug-likeness (QED) is 0.446. The van der Waals surface area contributed by atoms with Gasteiger partial charge in [0, 0.05) is 50.7 Å². The number of aryl methyl sites for hydroxylation is 1. The molecule has 9 heteroatoms. The second-order valence-corrected chi connectivity index (χ2v) is 9.86. The molecule has 1 atom stereocenters. The highest BCUT2D eigenvalue weighted by atomic mass is 16.5. The predicted molar refractivity (Wildman–Crippen MR) is 132 cm³/mol. The first-order valence-corrected chi connectivity index (χ1v) is 12.3. The highest BCUT2D eigenvalue weighted by Gasteiger charge is 2.34. The van der Waals surface area contributed by atoms with Crippen LogP contribution in [-0.2, 0) is 32.6 Å². The van der Waals surface area contributed by atoms with Crippen LogP contribution in [0.25, 0.3) is 0 Å². The molecule has 3 N–H and O–H groups in total. The van der Waals surface area contributed by atoms with Gasteiger partial charge in [-0.1, -0.05) is 12.1 Å². The largest absolute Gasteiger partial charge is 0.480 e. The SMILES string of the molecule is CC(C)(C(=O)N[C@@H](CCN1CC(OCCc2ccc3c(n2)NCCC3)C1)C(=O)O)c1cccnc1. The summed E-state index contributed by atoms with van der Waals surface area (Å²) in [6.07, 6.45) is 6.76. The number of likely N-dealkylation sites (tertiary alicyclic amines) is 1. The molecule has 4 rings (SSSR count). The van der Waals surface area contributed by atoms with E-state index >= 15 is 0 Å². The van der Waals surface area contributed by atoms with E-state index in [-0.39, 0.29) is 12.0 Å². The van der Waals surface area contributed by atoms with Crippen LogP contribution in [0.5, 0.6) is 0 Å². The number of nitrogens with one attached hydrogen (secondary N) is 2. The number of hydrogen-bond acceptors (Lipinski definition) is 7. The predicted octanol–water partition coefficient (Wildman–Crippen LogP) is 2.02. The summed E-state index contributed by atoms with van der Waals surface area (Å²) in [6.45, 7) is 7.25. The van der Waals surface area contributed by atoms with Crippen molar-refractivity contribution in [1.82, 2.24) is 20.2 Å². The summed E-state index contributed by atoms with van der Waals surface area (Å²) in [4.78, 5) is 35.5. The van der Waals surface area contributed by atoms with Crippen molar-refractivity contribution in [3.8, 4) is 0 Å². The summed E-state index contributed by atoms with van der Waals surface area (Å²) >= 11 is 0. The lowest BCUT2D eigenvalue weighted by atomic mass is 9.84. The lowest BCUT2D eigenvalue weighted by molar-refractivity contribution is -0.143. The lowest BCUT2D eigenvalue weighted by Gasteiger charge is -2.39. The number of carboxylic acid groups (broad SMARTS) is 1. The van der Waals surface area contributed by atoms with Crippen LogP contribution >= 0.6 is 0 Å². The molecule has 0 saturated carbocycles. The van der Waals surface area contributed by atoms with E-state index < -0.39 is 17.4 Å². The van der Waals surface area contributed by atoms with E-state index in [0.29, 0.717) is 19.6 Å². The Morgan fingerprint density at radius 2 is 2.14 bits per heavy atom. The van der Waals surface area contributed by atoms with E-state index in [1.165, 1.54) is 5.56 Å². The summed E-state index contributed by atoms with van der Waals surface area (Å²) in [6, 6.07) is 6.88. The lowest BCUT2D eigenvalue weighted by Crippen LogP contribution is -2.54. The van der Waals surface area contributed by atoms with Crippen LogP contribution in [0.1, 0.15) is 43.5 Å². The highest BCUT2D eigenvalue weighted by Crippen LogP contribution is 2.23. The zero-order chi connectivity index (χ0) is 24.8. The Bertz CT molecular complexity index is 1020. The summed E-state index contributed by atoms with van der Waals surface area (Å²) < 4.78 is 5.97. The number of amides is 1. The van der Waals surface area contributed by atoms with E-state index in [9.17, 15) is 14.7 Å². The number of fused-ring (bicyclic) bond motifs is 1. The van der Waals surface area contributed by atoms with Crippen molar-refractivity contribution in [3.63, 3.8) is 0 Å². The molecule has 0 bridgehead atoms. The molecule has 0 radical (unpaired) electrons. The van der Waals surface area contributed by atoms with Gasteiger partial charge in [-0.3, -0.25) is 14.7 Å². The van der Waals surface area contributed by atoms with Crippen LogP contribution in [0.15, 0.2) is 36.7 Å². The number of carbonyl (C=O) groups is 2. The molecule has 0 aromatic carbocycles. The maximum absolute atomic E-state index is 12.8. The maximum atomic E-state index is 12.8. The smallest absolute Gasteiger partial charge is 0.326 e. The Balaban J connectivity index is 1.16. The minimum Gasteiger partial charge on any atom is -0.480 e. The minimum absolute atomic E-state index is 0.146. The van der Waals surface area contributed by atoms with Gasteiger partial charge < -0.3 is 20.5 Å². The van der Waals surface area contributed by atoms with Crippen molar-refractivity contribution in [2.24, 2.45) is 0 Å². The number of carbonyl (C=O) groups excluding carboxylic acids is 1. The number of rotatable bonds is 11. The number of anilines is 1. The fourth-order valence-corrected chi connectivity index (χ4v) is 4.42. The van der Waals surface area contributed by atoms with E-state index in [2.05, 4.69) is 32.7 Å². The number of pyridine rings is 2. The fraction of sp³-hybridized carbons (Fsp3) is 0.538. The van der Waals surface area contributed by atoms with Crippen LogP contribution in [0, 0.1) is 0 Å². The Hall–Kier alpha value is -3.04. The molecule has 9 nitrogen and oxygen atoms in total. The van der Waals surface area contributed by atoms with Gasteiger partial charge in [0.25, 0.3) is 0 Å². The van der Waals surface area contributed by atoms with Gasteiger partial charge in [0.2, 0.25) is 5.91 Å². The number of hydrogen-bond donors (Lipinski definition) is 3. The molecule has 1 amide bonds. The second kappa shape index (κ2) is 11.1. The van der Waals surface area contributed by atoms with Gasteiger partial charge in [-0.05, 0) is 56.4 Å². The van der Waals surface area contributed by atoms with Crippen LogP contribution in [0.4, 0.5) is 5.82 Å². The number of aliphatic carboxylic acids is 1. The van der Waals surface area contributed by atoms with Crippen molar-refractivity contribution in [1.29, 1.82) is 0 Å². The topological polar surface area (TPSA) is 117 Å². The molecule has 1 saturated heterocycles. The van der Waals surface area contributed by atoms with Gasteiger partial charge in [0.05, 0.1) is 18.1 Å². The molecule has 0 unspecified atom stereocenters. The molecular weight excluding hydrogens is 446 g/mol. The van der Waals surface area contributed by atoms with Gasteiger partial charge in [-0.25, -0.2) is 9.78 Å². The summed E-state index contributed by atoms with van der Waals surface area (Å²) in [5, 5.41) is 15.7. The van der Waals surface area contributed by atoms with Gasteiger partial charge in [0.15, 0.2) is 0 Å². The third-order valence-corrected chi connectivity index (χ3v) is 6.88. The first-order valence-electron chi connectivity index (χ1n) is 12.3. The Morgan fingerprint density at radius 3 is 2.89 bits per heavy atom. The fourth-order valence-electron chi connectivity index (χ4n) is 4.42. The van der Waals surface area contributed by atoms with Crippen molar-refractivity contribution in [2.45, 2.75) is 57.1 Å². The zero-order valence-corrected chi connectivity index (χ0v) is 20.5. The molecule has 2 aromatic heterocycles. The Morgan fingerprint density at radius 1 is 1.31 bits per heavy atom. The molecule has 2 aromatic rings. The van der Waals surface area contributed by atoms with Crippen molar-refractivity contribution in [3.05, 3.63) is 53.5 Å². The normalized spacial score (nSPS) is 17.1. The molecule has 2 aliphatic heterocycles. The molecule has 0 aliphatic carbocycles. The monoisotopic (exact) mass is 481 g/mol. The first-order chi connectivity index (χ1) is 16.8. The molecule has 4 heterocycles. The molecule has 188 valence electrons. The van der Waals surface area contributed by atoms with E-state index in [0.717, 1.165) is 56.0 Å². The van der Waals surface area contributed by atoms with Crippen LogP contribution in [-0.4, -0.2) is 76.8 Å². The third kappa shape index (κ3) is 6.35. The standard InChI is InChI=1S/C26H35N5O4/c1-26(2,19-6-4-11-27-15-19)25(34)30-22(24(32)33)9-13-31-16-21(17-31)35-14-10-20-8-7-18-5-3-12-28-23(18)29-20/h4,6-8,11,15,21-22H,3,5,9-10,12-14,16-17H2,1-2H3,(H,28,29)(H,30,34)(H,32,33)/t22-/m0/s1. The van der Waals surface area contributed by atoms with Crippen LogP contribution in [0.3, 0.4) is 0 Å². The number of carboxylic acids is 1. The van der Waals surface area contributed by atoms with E-state index in [1.54, 1.807) is 32.3 Å². The molecular formula is C26H35N5O4.